The zero-order valence-electron chi connectivity index (χ0n) is 10.4. The Kier molecular flexibility index (Phi) is 3.80. The van der Waals surface area contributed by atoms with Gasteiger partial charge in [0.25, 0.3) is 0 Å². The van der Waals surface area contributed by atoms with Gasteiger partial charge in [-0.1, -0.05) is 0 Å². The summed E-state index contributed by atoms with van der Waals surface area (Å²) in [7, 11) is 0. The summed E-state index contributed by atoms with van der Waals surface area (Å²) in [6.07, 6.45) is -3.26. The maximum atomic E-state index is 12.7. The Bertz CT molecular complexity index is 521. The molecule has 1 aromatic rings. The fraction of sp³-hybridized carbons (Fsp3) is 0.545. The Morgan fingerprint density at radius 1 is 1.55 bits per heavy atom. The zero-order chi connectivity index (χ0) is 14.9. The molecule has 110 valence electrons. The van der Waals surface area contributed by atoms with E-state index in [4.69, 9.17) is 5.73 Å². The monoisotopic (exact) mass is 290 g/mol. The molecule has 1 aliphatic rings. The molecular weight excluding hydrogens is 277 g/mol. The summed E-state index contributed by atoms with van der Waals surface area (Å²) in [6.45, 7) is 1.27. The molecule has 6 nitrogen and oxygen atoms in total. The van der Waals surface area contributed by atoms with Crippen LogP contribution in [0.25, 0.3) is 0 Å². The number of halogens is 3. The highest BCUT2D eigenvalue weighted by molar-refractivity contribution is 5.63. The van der Waals surface area contributed by atoms with Crippen molar-refractivity contribution < 1.29 is 18.1 Å². The van der Waals surface area contributed by atoms with Crippen LogP contribution >= 0.6 is 0 Å². The average Bonchev–Trinajstić information content (AvgIpc) is 2.85. The lowest BCUT2D eigenvalue weighted by Gasteiger charge is -2.19. The molecule has 1 atom stereocenters. The van der Waals surface area contributed by atoms with Crippen LogP contribution in [-0.4, -0.2) is 29.5 Å². The number of nitrogens with two attached hydrogens (primary N) is 1. The third-order valence-corrected chi connectivity index (χ3v) is 3.31. The molecule has 0 saturated carbocycles. The Morgan fingerprint density at radius 3 is 2.75 bits per heavy atom. The predicted molar refractivity (Wildman–Crippen MR) is 65.3 cm³/mol. The van der Waals surface area contributed by atoms with Crippen molar-refractivity contribution in [3.8, 4) is 0 Å². The van der Waals surface area contributed by atoms with Gasteiger partial charge in [0.2, 0.25) is 0 Å². The number of aromatic nitrogens is 1. The van der Waals surface area contributed by atoms with Gasteiger partial charge in [0.1, 0.15) is 17.6 Å². The molecule has 1 fully saturated rings. The summed E-state index contributed by atoms with van der Waals surface area (Å²) in [6, 6.07) is 0.733. The van der Waals surface area contributed by atoms with E-state index in [0.29, 0.717) is 32.3 Å². The molecular formula is C11H13F3N4O2. The van der Waals surface area contributed by atoms with E-state index in [1.54, 1.807) is 4.90 Å². The standard InChI is InChI=1S/C11H13F3N4O2/c12-11(13,14)10-3-8(9(5-16-10)18(19)20)17-2-1-7(4-15)6-17/h3,5,7H,1-2,4,6,15H2. The van der Waals surface area contributed by atoms with Gasteiger partial charge < -0.3 is 10.6 Å². The minimum atomic E-state index is -4.63. The number of nitro groups is 1. The largest absolute Gasteiger partial charge is 0.433 e. The smallest absolute Gasteiger partial charge is 0.366 e. The summed E-state index contributed by atoms with van der Waals surface area (Å²) in [5.74, 6) is 0.136. The van der Waals surface area contributed by atoms with Crippen LogP contribution in [0.15, 0.2) is 12.3 Å². The van der Waals surface area contributed by atoms with E-state index in [2.05, 4.69) is 4.98 Å². The van der Waals surface area contributed by atoms with Gasteiger partial charge >= 0.3 is 11.9 Å². The van der Waals surface area contributed by atoms with Crippen LogP contribution in [0.5, 0.6) is 0 Å². The molecule has 2 heterocycles. The van der Waals surface area contributed by atoms with Crippen LogP contribution in [0, 0.1) is 16.0 Å². The molecule has 9 heteroatoms. The fourth-order valence-corrected chi connectivity index (χ4v) is 2.23. The van der Waals surface area contributed by atoms with Crippen molar-refractivity contribution in [1.82, 2.24) is 4.98 Å². The molecule has 0 aromatic carbocycles. The molecule has 0 radical (unpaired) electrons. The third kappa shape index (κ3) is 2.82. The van der Waals surface area contributed by atoms with E-state index in [-0.39, 0.29) is 11.6 Å². The molecule has 0 bridgehead atoms. The van der Waals surface area contributed by atoms with Crippen molar-refractivity contribution in [1.29, 1.82) is 0 Å². The van der Waals surface area contributed by atoms with E-state index in [9.17, 15) is 23.3 Å². The molecule has 1 saturated heterocycles. The molecule has 1 unspecified atom stereocenters. The average molecular weight is 290 g/mol. The van der Waals surface area contributed by atoms with Gasteiger partial charge in [0.05, 0.1) is 4.92 Å². The molecule has 1 aliphatic heterocycles. The van der Waals surface area contributed by atoms with Crippen LogP contribution in [0.1, 0.15) is 12.1 Å². The minimum Gasteiger partial charge on any atom is -0.366 e. The summed E-state index contributed by atoms with van der Waals surface area (Å²) in [4.78, 5) is 14.9. The van der Waals surface area contributed by atoms with E-state index < -0.39 is 22.5 Å². The Labute approximate surface area is 112 Å². The second-order valence-electron chi connectivity index (χ2n) is 4.65. The number of nitrogens with zero attached hydrogens (tertiary/aromatic N) is 3. The Morgan fingerprint density at radius 2 is 2.25 bits per heavy atom. The van der Waals surface area contributed by atoms with Crippen LogP contribution in [0.4, 0.5) is 24.5 Å². The minimum absolute atomic E-state index is 0.0479. The van der Waals surface area contributed by atoms with Gasteiger partial charge in [-0.2, -0.15) is 13.2 Å². The topological polar surface area (TPSA) is 85.3 Å². The number of anilines is 1. The SMILES string of the molecule is NCC1CCN(c2cc(C(F)(F)F)ncc2[N+](=O)[O-])C1. The summed E-state index contributed by atoms with van der Waals surface area (Å²) in [5.41, 5.74) is 3.92. The van der Waals surface area contributed by atoms with Gasteiger partial charge in [-0.15, -0.1) is 0 Å². The predicted octanol–water partition coefficient (Wildman–Crippen LogP) is 1.79. The van der Waals surface area contributed by atoms with Crippen LogP contribution in [-0.2, 0) is 6.18 Å². The zero-order valence-corrected chi connectivity index (χ0v) is 10.4. The first kappa shape index (κ1) is 14.5. The Balaban J connectivity index is 2.40. The number of hydrogen-bond acceptors (Lipinski definition) is 5. The maximum absolute atomic E-state index is 12.7. The molecule has 0 spiro atoms. The van der Waals surface area contributed by atoms with Crippen LogP contribution in [0.3, 0.4) is 0 Å². The van der Waals surface area contributed by atoms with Crippen molar-refractivity contribution in [3.05, 3.63) is 28.1 Å². The normalized spacial score (nSPS) is 19.4. The summed E-state index contributed by atoms with van der Waals surface area (Å²) in [5, 5.41) is 10.9. The van der Waals surface area contributed by atoms with E-state index in [0.717, 1.165) is 6.07 Å². The van der Waals surface area contributed by atoms with Crippen LogP contribution in [0.2, 0.25) is 0 Å². The van der Waals surface area contributed by atoms with Crippen molar-refractivity contribution in [2.75, 3.05) is 24.5 Å². The van der Waals surface area contributed by atoms with E-state index in [1.165, 1.54) is 0 Å². The fourth-order valence-electron chi connectivity index (χ4n) is 2.23. The number of pyridine rings is 1. The molecule has 1 aromatic heterocycles. The summed E-state index contributed by atoms with van der Waals surface area (Å²) >= 11 is 0. The van der Waals surface area contributed by atoms with Crippen molar-refractivity contribution in [3.63, 3.8) is 0 Å². The molecule has 2 N–H and O–H groups in total. The lowest BCUT2D eigenvalue weighted by atomic mass is 10.1. The van der Waals surface area contributed by atoms with Gasteiger partial charge in [-0.05, 0) is 24.9 Å². The first-order valence-electron chi connectivity index (χ1n) is 5.99. The van der Waals surface area contributed by atoms with Crippen LogP contribution < -0.4 is 10.6 Å². The van der Waals surface area contributed by atoms with E-state index >= 15 is 0 Å². The molecule has 2 rings (SSSR count). The Hall–Kier alpha value is -1.90. The van der Waals surface area contributed by atoms with Crippen molar-refractivity contribution in [2.45, 2.75) is 12.6 Å². The van der Waals surface area contributed by atoms with Gasteiger partial charge in [-0.3, -0.25) is 10.1 Å². The molecule has 0 amide bonds. The van der Waals surface area contributed by atoms with Gasteiger partial charge in [0, 0.05) is 13.1 Å². The highest BCUT2D eigenvalue weighted by Gasteiger charge is 2.36. The summed E-state index contributed by atoms with van der Waals surface area (Å²) < 4.78 is 38.0. The van der Waals surface area contributed by atoms with Gasteiger partial charge in [0.15, 0.2) is 0 Å². The molecule has 0 aliphatic carbocycles. The van der Waals surface area contributed by atoms with Crippen molar-refractivity contribution in [2.24, 2.45) is 11.7 Å². The lowest BCUT2D eigenvalue weighted by molar-refractivity contribution is -0.384. The number of rotatable bonds is 3. The third-order valence-electron chi connectivity index (χ3n) is 3.31. The van der Waals surface area contributed by atoms with E-state index in [1.807, 2.05) is 0 Å². The second-order valence-corrected chi connectivity index (χ2v) is 4.65. The first-order valence-corrected chi connectivity index (χ1v) is 5.99. The highest BCUT2D eigenvalue weighted by atomic mass is 19.4. The first-order chi connectivity index (χ1) is 9.32. The molecule has 20 heavy (non-hydrogen) atoms. The highest BCUT2D eigenvalue weighted by Crippen LogP contribution is 2.36. The maximum Gasteiger partial charge on any atom is 0.433 e. The number of alkyl halides is 3. The second kappa shape index (κ2) is 5.23. The quantitative estimate of drug-likeness (QED) is 0.677. The number of hydrogen-bond donors (Lipinski definition) is 1. The van der Waals surface area contributed by atoms with Gasteiger partial charge in [-0.25, -0.2) is 4.98 Å². The lowest BCUT2D eigenvalue weighted by Crippen LogP contribution is -2.24. The van der Waals surface area contributed by atoms with Crippen molar-refractivity contribution >= 4 is 11.4 Å².